The van der Waals surface area contributed by atoms with Crippen LogP contribution < -0.4 is 33.2 Å². The first-order chi connectivity index (χ1) is 24.0. The van der Waals surface area contributed by atoms with Crippen molar-refractivity contribution >= 4 is 6.03 Å². The molecule has 10 rings (SSSR count). The van der Waals surface area contributed by atoms with Crippen LogP contribution in [0.3, 0.4) is 0 Å². The normalized spacial score (nSPS) is 19.8. The Balaban J connectivity index is 1.10. The molecule has 6 aliphatic rings. The van der Waals surface area contributed by atoms with Crippen molar-refractivity contribution in [2.45, 2.75) is 37.8 Å². The van der Waals surface area contributed by atoms with Crippen LogP contribution >= 0.6 is 0 Å². The predicted molar refractivity (Wildman–Crippen MR) is 176 cm³/mol. The fraction of sp³-hybridized carbons (Fsp3) is 0.342. The molecule has 49 heavy (non-hydrogen) atoms. The fourth-order valence-corrected chi connectivity index (χ4v) is 9.10. The number of amides is 2. The van der Waals surface area contributed by atoms with Crippen molar-refractivity contribution in [1.82, 2.24) is 9.80 Å². The lowest BCUT2D eigenvalue weighted by Gasteiger charge is -2.47. The zero-order valence-electron chi connectivity index (χ0n) is 27.4. The van der Waals surface area contributed by atoms with Gasteiger partial charge in [-0.3, -0.25) is 0 Å². The lowest BCUT2D eigenvalue weighted by molar-refractivity contribution is 0.106. The number of fused-ring (bicyclic) bond motifs is 8. The van der Waals surface area contributed by atoms with Gasteiger partial charge in [0.2, 0.25) is 13.6 Å². The molecule has 0 fully saturated rings. The van der Waals surface area contributed by atoms with Gasteiger partial charge in [-0.15, -0.1) is 0 Å². The Kier molecular flexibility index (Phi) is 5.99. The average molecular weight is 663 g/mol. The predicted octanol–water partition coefficient (Wildman–Crippen LogP) is 5.94. The van der Waals surface area contributed by atoms with Crippen molar-refractivity contribution < 1.29 is 43.1 Å². The number of carbonyl (C=O) groups is 1. The zero-order valence-corrected chi connectivity index (χ0v) is 27.4. The first-order valence-corrected chi connectivity index (χ1v) is 16.6. The molecular weight excluding hydrogens is 628 g/mol. The summed E-state index contributed by atoms with van der Waals surface area (Å²) in [6, 6.07) is 11.4. The summed E-state index contributed by atoms with van der Waals surface area (Å²) in [5, 5.41) is 11.5. The first kappa shape index (κ1) is 28.6. The zero-order chi connectivity index (χ0) is 33.1. The number of methoxy groups -OCH3 is 3. The minimum atomic E-state index is -0.270. The third-order valence-corrected chi connectivity index (χ3v) is 11.1. The van der Waals surface area contributed by atoms with E-state index in [0.29, 0.717) is 73.1 Å². The maximum atomic E-state index is 15.1. The summed E-state index contributed by atoms with van der Waals surface area (Å²) in [6.07, 6.45) is 2.50. The van der Waals surface area contributed by atoms with E-state index < -0.39 is 0 Å². The molecule has 4 aromatic carbocycles. The highest BCUT2D eigenvalue weighted by molar-refractivity contribution is 5.92. The van der Waals surface area contributed by atoms with Crippen molar-refractivity contribution in [3.8, 4) is 68.2 Å². The van der Waals surface area contributed by atoms with Crippen molar-refractivity contribution in [3.63, 3.8) is 0 Å². The molecule has 11 nitrogen and oxygen atoms in total. The molecule has 4 aromatic rings. The van der Waals surface area contributed by atoms with Crippen molar-refractivity contribution in [1.29, 1.82) is 0 Å². The number of carbonyl (C=O) groups excluding carboxylic acids is 1. The Morgan fingerprint density at radius 3 is 1.98 bits per heavy atom. The Bertz CT molecular complexity index is 2130. The Morgan fingerprint density at radius 2 is 1.29 bits per heavy atom. The molecule has 0 spiro atoms. The summed E-state index contributed by atoms with van der Waals surface area (Å²) in [6.45, 7) is 1.42. The highest BCUT2D eigenvalue weighted by atomic mass is 16.7. The molecular formula is C38H34N2O9. The number of rotatable bonds is 3. The van der Waals surface area contributed by atoms with E-state index in [-0.39, 0.29) is 37.5 Å². The van der Waals surface area contributed by atoms with E-state index in [4.69, 9.17) is 33.2 Å². The summed E-state index contributed by atoms with van der Waals surface area (Å²) in [7, 11) is 4.76. The van der Waals surface area contributed by atoms with Crippen LogP contribution in [-0.4, -0.2) is 68.9 Å². The summed E-state index contributed by atoms with van der Waals surface area (Å²) in [5.41, 5.74) is 9.63. The van der Waals surface area contributed by atoms with Gasteiger partial charge in [0.25, 0.3) is 0 Å². The second-order valence-electron chi connectivity index (χ2n) is 13.2. The summed E-state index contributed by atoms with van der Waals surface area (Å²) >= 11 is 0. The van der Waals surface area contributed by atoms with Gasteiger partial charge in [0.1, 0.15) is 0 Å². The van der Waals surface area contributed by atoms with Gasteiger partial charge in [-0.1, -0.05) is 12.1 Å². The van der Waals surface area contributed by atoms with Gasteiger partial charge in [0, 0.05) is 35.3 Å². The van der Waals surface area contributed by atoms with Crippen LogP contribution in [0.1, 0.15) is 45.5 Å². The van der Waals surface area contributed by atoms with E-state index in [1.165, 1.54) is 0 Å². The van der Waals surface area contributed by atoms with Gasteiger partial charge in [0.15, 0.2) is 46.0 Å². The number of hydrogen-bond donors (Lipinski definition) is 1. The number of nitrogens with zero attached hydrogens (tertiary/aromatic N) is 2. The van der Waals surface area contributed by atoms with Crippen LogP contribution in [0.15, 0.2) is 36.4 Å². The molecule has 2 atom stereocenters. The van der Waals surface area contributed by atoms with Crippen molar-refractivity contribution in [2.75, 3.05) is 48.0 Å². The number of phenolic OH excluding ortho intramolecular Hbond substituents is 1. The minimum Gasteiger partial charge on any atom is -0.504 e. The number of phenols is 1. The molecule has 2 aliphatic carbocycles. The Labute approximate surface area is 282 Å². The third-order valence-electron chi connectivity index (χ3n) is 11.1. The Hall–Kier alpha value is -5.45. The molecule has 0 aromatic heterocycles. The SMILES string of the molecule is COc1ccc2c(c1O)-c1c(OC)c(OC)cc3c1C(C2)N(C(=O)N1CCc2cc4c(c5c2C1Cc1ccc2c(c1-5)OCO2)OCO4)CC3. The number of urea groups is 1. The van der Waals surface area contributed by atoms with Gasteiger partial charge < -0.3 is 48.1 Å². The second kappa shape index (κ2) is 10.3. The molecule has 2 amide bonds. The van der Waals surface area contributed by atoms with Crippen LogP contribution in [0, 0.1) is 0 Å². The van der Waals surface area contributed by atoms with E-state index in [9.17, 15) is 5.11 Å². The average Bonchev–Trinajstić information content (AvgIpc) is 3.81. The number of hydrogen-bond acceptors (Lipinski definition) is 9. The second-order valence-corrected chi connectivity index (χ2v) is 13.2. The molecule has 4 aliphatic heterocycles. The molecule has 0 bridgehead atoms. The fourth-order valence-electron chi connectivity index (χ4n) is 9.10. The van der Waals surface area contributed by atoms with E-state index in [0.717, 1.165) is 61.6 Å². The van der Waals surface area contributed by atoms with Crippen molar-refractivity contribution in [2.24, 2.45) is 0 Å². The van der Waals surface area contributed by atoms with Gasteiger partial charge in [-0.2, -0.15) is 0 Å². The quantitative estimate of drug-likeness (QED) is 0.285. The Morgan fingerprint density at radius 1 is 0.673 bits per heavy atom. The van der Waals surface area contributed by atoms with Crippen LogP contribution in [-0.2, 0) is 25.7 Å². The molecule has 1 N–H and O–H groups in total. The smallest absolute Gasteiger partial charge is 0.321 e. The molecule has 2 unspecified atom stereocenters. The standard InChI is InChI=1S/C38H34N2O9/c1-43-24-6-4-18-12-22-28-20(14-26(44-2)35(45-3)32(28)30(18)34(24)41)8-10-39(22)38(42)40-11-9-21-15-27-37(49-17-47-27)33-29(21)23(40)13-19-5-7-25-36(31(19)33)48-16-46-25/h4-7,14-15,22-23,41H,8-13,16-17H2,1-3H3. The summed E-state index contributed by atoms with van der Waals surface area (Å²) < 4.78 is 41.1. The lowest BCUT2D eigenvalue weighted by atomic mass is 9.75. The van der Waals surface area contributed by atoms with Gasteiger partial charge in [0.05, 0.1) is 33.4 Å². The molecule has 0 radical (unpaired) electrons. The van der Waals surface area contributed by atoms with Crippen LogP contribution in [0.2, 0.25) is 0 Å². The number of aromatic hydroxyl groups is 1. The maximum absolute atomic E-state index is 15.1. The van der Waals surface area contributed by atoms with Crippen LogP contribution in [0.5, 0.6) is 46.0 Å². The molecule has 4 heterocycles. The molecule has 11 heteroatoms. The van der Waals surface area contributed by atoms with E-state index >= 15 is 4.79 Å². The highest BCUT2D eigenvalue weighted by Gasteiger charge is 2.47. The molecule has 0 saturated carbocycles. The summed E-state index contributed by atoms with van der Waals surface area (Å²) in [5.74, 6) is 4.39. The topological polar surface area (TPSA) is 108 Å². The number of benzene rings is 4. The van der Waals surface area contributed by atoms with Gasteiger partial charge in [-0.25, -0.2) is 4.79 Å². The van der Waals surface area contributed by atoms with Crippen LogP contribution in [0.4, 0.5) is 4.79 Å². The van der Waals surface area contributed by atoms with Crippen molar-refractivity contribution in [3.05, 3.63) is 69.8 Å². The summed E-state index contributed by atoms with van der Waals surface area (Å²) in [4.78, 5) is 19.2. The van der Waals surface area contributed by atoms with Gasteiger partial charge in [-0.05, 0) is 83.3 Å². The third kappa shape index (κ3) is 3.75. The molecule has 0 saturated heterocycles. The van der Waals surface area contributed by atoms with E-state index in [2.05, 4.69) is 12.1 Å². The monoisotopic (exact) mass is 662 g/mol. The largest absolute Gasteiger partial charge is 0.504 e. The maximum Gasteiger partial charge on any atom is 0.321 e. The van der Waals surface area contributed by atoms with E-state index in [1.807, 2.05) is 28.0 Å². The van der Waals surface area contributed by atoms with Crippen LogP contribution in [0.25, 0.3) is 22.3 Å². The first-order valence-electron chi connectivity index (χ1n) is 16.6. The van der Waals surface area contributed by atoms with Gasteiger partial charge >= 0.3 is 6.03 Å². The molecule has 250 valence electrons. The van der Waals surface area contributed by atoms with E-state index in [1.54, 1.807) is 27.4 Å². The number of ether oxygens (including phenoxy) is 7. The highest BCUT2D eigenvalue weighted by Crippen LogP contribution is 2.60. The minimum absolute atomic E-state index is 0.0129. The lowest BCUT2D eigenvalue weighted by Crippen LogP contribution is -2.52.